The molecule has 10 heteroatoms. The van der Waals surface area contributed by atoms with Crippen LogP contribution in [0.3, 0.4) is 0 Å². The summed E-state index contributed by atoms with van der Waals surface area (Å²) in [5.41, 5.74) is 7.45. The predicted molar refractivity (Wildman–Crippen MR) is 140 cm³/mol. The van der Waals surface area contributed by atoms with E-state index in [9.17, 15) is 14.7 Å². The Balaban J connectivity index is 1.87. The molecule has 3 rings (SSSR count). The van der Waals surface area contributed by atoms with Crippen LogP contribution >= 0.6 is 27.7 Å². The number of halogens is 1. The number of allylic oxidation sites excluding steroid dienone is 1. The second kappa shape index (κ2) is 12.5. The summed E-state index contributed by atoms with van der Waals surface area (Å²) in [5, 5.41) is 9.35. The van der Waals surface area contributed by atoms with Gasteiger partial charge in [-0.05, 0) is 65.8 Å². The van der Waals surface area contributed by atoms with Crippen LogP contribution < -0.4 is 10.5 Å². The zero-order valence-corrected chi connectivity index (χ0v) is 21.7. The van der Waals surface area contributed by atoms with E-state index in [0.29, 0.717) is 45.5 Å². The third-order valence-electron chi connectivity index (χ3n) is 5.04. The average molecular weight is 557 g/mol. The van der Waals surface area contributed by atoms with Gasteiger partial charge in [0.2, 0.25) is 11.5 Å². The van der Waals surface area contributed by atoms with E-state index in [1.807, 2.05) is 18.2 Å². The quantitative estimate of drug-likeness (QED) is 0.332. The zero-order chi connectivity index (χ0) is 25.4. The molecule has 3 N–H and O–H groups in total. The lowest BCUT2D eigenvalue weighted by atomic mass is 10.2. The SMILES string of the molecule is CC(=C(CCO)SC(=O)c1ccccc1Oc1ccccc1Br)N(C=O)Cc1cnc(C)nc1N. The van der Waals surface area contributed by atoms with Crippen molar-refractivity contribution in [2.75, 3.05) is 12.3 Å². The molecule has 0 radical (unpaired) electrons. The van der Waals surface area contributed by atoms with Gasteiger partial charge in [0, 0.05) is 35.4 Å². The summed E-state index contributed by atoms with van der Waals surface area (Å²) in [6.45, 7) is 3.38. The number of aromatic nitrogens is 2. The monoisotopic (exact) mass is 556 g/mol. The van der Waals surface area contributed by atoms with Gasteiger partial charge in [-0.3, -0.25) is 9.59 Å². The summed E-state index contributed by atoms with van der Waals surface area (Å²) in [5.74, 6) is 1.78. The maximum atomic E-state index is 13.3. The Kier molecular flexibility index (Phi) is 9.41. The van der Waals surface area contributed by atoms with E-state index in [1.165, 1.54) is 4.90 Å². The van der Waals surface area contributed by atoms with Crippen molar-refractivity contribution in [1.29, 1.82) is 0 Å². The molecule has 3 aromatic rings. The Morgan fingerprint density at radius 2 is 1.89 bits per heavy atom. The molecule has 35 heavy (non-hydrogen) atoms. The van der Waals surface area contributed by atoms with Crippen LogP contribution in [0.15, 0.2) is 69.8 Å². The minimum absolute atomic E-state index is 0.132. The number of thioether (sulfide) groups is 1. The number of aryl methyl sites for hydroxylation is 1. The standard InChI is InChI=1S/C25H25BrN4O4S/c1-16(30(15-32)14-18-13-28-17(2)29-24(18)27)23(11-12-31)35-25(33)19-7-3-5-9-21(19)34-22-10-6-4-8-20(22)26/h3-10,13,15,31H,11-12,14H2,1-2H3,(H2,27,28,29). The van der Waals surface area contributed by atoms with Gasteiger partial charge in [0.05, 0.1) is 16.6 Å². The highest BCUT2D eigenvalue weighted by Gasteiger charge is 2.20. The number of ether oxygens (including phenoxy) is 1. The van der Waals surface area contributed by atoms with Gasteiger partial charge in [0.1, 0.15) is 23.1 Å². The van der Waals surface area contributed by atoms with Gasteiger partial charge in [-0.2, -0.15) is 0 Å². The number of aliphatic hydroxyl groups excluding tert-OH is 1. The molecule has 0 unspecified atom stereocenters. The van der Waals surface area contributed by atoms with Crippen LogP contribution in [0, 0.1) is 6.92 Å². The average Bonchev–Trinajstić information content (AvgIpc) is 2.84. The van der Waals surface area contributed by atoms with Crippen LogP contribution in [-0.2, 0) is 11.3 Å². The number of amides is 1. The molecule has 0 saturated heterocycles. The largest absolute Gasteiger partial charge is 0.455 e. The van der Waals surface area contributed by atoms with E-state index < -0.39 is 0 Å². The maximum absolute atomic E-state index is 13.3. The van der Waals surface area contributed by atoms with Gasteiger partial charge in [-0.25, -0.2) is 9.97 Å². The number of aliphatic hydroxyl groups is 1. The Bertz CT molecular complexity index is 1250. The van der Waals surface area contributed by atoms with E-state index >= 15 is 0 Å². The van der Waals surface area contributed by atoms with Gasteiger partial charge in [0.25, 0.3) is 0 Å². The first-order chi connectivity index (χ1) is 16.8. The van der Waals surface area contributed by atoms with Gasteiger partial charge in [-0.1, -0.05) is 24.3 Å². The van der Waals surface area contributed by atoms with Crippen molar-refractivity contribution in [3.63, 3.8) is 0 Å². The Labute approximate surface area is 216 Å². The molecule has 1 aromatic heterocycles. The maximum Gasteiger partial charge on any atom is 0.227 e. The van der Waals surface area contributed by atoms with E-state index in [4.69, 9.17) is 10.5 Å². The minimum Gasteiger partial charge on any atom is -0.455 e. The number of nitrogen functional groups attached to an aromatic ring is 1. The molecule has 182 valence electrons. The number of hydrogen-bond acceptors (Lipinski definition) is 8. The minimum atomic E-state index is -0.278. The van der Waals surface area contributed by atoms with E-state index in [1.54, 1.807) is 50.4 Å². The van der Waals surface area contributed by atoms with Crippen molar-refractivity contribution >= 4 is 45.0 Å². The predicted octanol–water partition coefficient (Wildman–Crippen LogP) is 5.07. The summed E-state index contributed by atoms with van der Waals surface area (Å²) in [6, 6.07) is 14.3. The first-order valence-electron chi connectivity index (χ1n) is 10.7. The summed E-state index contributed by atoms with van der Waals surface area (Å²) < 4.78 is 6.75. The number of para-hydroxylation sites is 2. The molecule has 0 spiro atoms. The van der Waals surface area contributed by atoms with E-state index in [0.717, 1.165) is 16.2 Å². The first-order valence-corrected chi connectivity index (χ1v) is 12.3. The molecule has 0 saturated carbocycles. The number of nitrogens with zero attached hydrogens (tertiary/aromatic N) is 3. The highest BCUT2D eigenvalue weighted by atomic mass is 79.9. The molecule has 1 heterocycles. The number of benzene rings is 2. The van der Waals surface area contributed by atoms with Gasteiger partial charge in [-0.15, -0.1) is 0 Å². The van der Waals surface area contributed by atoms with Crippen LogP contribution in [0.5, 0.6) is 11.5 Å². The van der Waals surface area contributed by atoms with Crippen molar-refractivity contribution in [3.8, 4) is 11.5 Å². The lowest BCUT2D eigenvalue weighted by Crippen LogP contribution is -2.22. The Morgan fingerprint density at radius 3 is 2.54 bits per heavy atom. The number of carbonyl (C=O) groups excluding carboxylic acids is 2. The molecule has 2 aromatic carbocycles. The molecular formula is C25H25BrN4O4S. The molecule has 1 amide bonds. The topological polar surface area (TPSA) is 119 Å². The Morgan fingerprint density at radius 1 is 1.20 bits per heavy atom. The van der Waals surface area contributed by atoms with Gasteiger partial charge in [0.15, 0.2) is 0 Å². The summed E-state index contributed by atoms with van der Waals surface area (Å²) in [6.07, 6.45) is 2.42. The first kappa shape index (κ1) is 26.4. The molecule has 0 aliphatic carbocycles. The number of hydrogen-bond donors (Lipinski definition) is 2. The second-order valence-corrected chi connectivity index (χ2v) is 9.38. The number of nitrogens with two attached hydrogens (primary N) is 1. The van der Waals surface area contributed by atoms with Crippen molar-refractivity contribution in [2.24, 2.45) is 0 Å². The van der Waals surface area contributed by atoms with Crippen LogP contribution in [0.2, 0.25) is 0 Å². The van der Waals surface area contributed by atoms with E-state index in [2.05, 4.69) is 25.9 Å². The van der Waals surface area contributed by atoms with Gasteiger partial charge >= 0.3 is 0 Å². The molecule has 8 nitrogen and oxygen atoms in total. The van der Waals surface area contributed by atoms with Crippen LogP contribution in [0.4, 0.5) is 5.82 Å². The van der Waals surface area contributed by atoms with Crippen LogP contribution in [-0.4, -0.2) is 38.1 Å². The number of rotatable bonds is 10. The fraction of sp³-hybridized carbons (Fsp3) is 0.200. The molecule has 0 aliphatic heterocycles. The third kappa shape index (κ3) is 6.91. The van der Waals surface area contributed by atoms with Gasteiger partial charge < -0.3 is 20.5 Å². The normalized spacial score (nSPS) is 11.5. The third-order valence-corrected chi connectivity index (χ3v) is 6.85. The number of carbonyl (C=O) groups is 2. The number of anilines is 1. The molecule has 0 aliphatic rings. The van der Waals surface area contributed by atoms with Crippen molar-refractivity contribution in [1.82, 2.24) is 14.9 Å². The fourth-order valence-electron chi connectivity index (χ4n) is 3.16. The smallest absolute Gasteiger partial charge is 0.227 e. The molecule has 0 fully saturated rings. The van der Waals surface area contributed by atoms with E-state index in [-0.39, 0.29) is 30.5 Å². The van der Waals surface area contributed by atoms with Crippen LogP contribution in [0.1, 0.15) is 35.1 Å². The molecular weight excluding hydrogens is 532 g/mol. The Hall–Kier alpha value is -3.21. The highest BCUT2D eigenvalue weighted by Crippen LogP contribution is 2.35. The highest BCUT2D eigenvalue weighted by molar-refractivity contribution is 9.10. The lowest BCUT2D eigenvalue weighted by molar-refractivity contribution is -0.116. The second-order valence-electron chi connectivity index (χ2n) is 7.46. The molecule has 0 bridgehead atoms. The van der Waals surface area contributed by atoms with Crippen LogP contribution in [0.25, 0.3) is 0 Å². The van der Waals surface area contributed by atoms with Crippen molar-refractivity contribution in [3.05, 3.63) is 86.8 Å². The van der Waals surface area contributed by atoms with Crippen molar-refractivity contribution < 1.29 is 19.4 Å². The lowest BCUT2D eigenvalue weighted by Gasteiger charge is -2.22. The van der Waals surface area contributed by atoms with Crippen molar-refractivity contribution in [2.45, 2.75) is 26.8 Å². The summed E-state index contributed by atoms with van der Waals surface area (Å²) >= 11 is 4.39. The molecule has 0 atom stereocenters. The summed E-state index contributed by atoms with van der Waals surface area (Å²) in [4.78, 5) is 35.4. The fourth-order valence-corrected chi connectivity index (χ4v) is 4.48. The summed E-state index contributed by atoms with van der Waals surface area (Å²) in [7, 11) is 0. The zero-order valence-electron chi connectivity index (χ0n) is 19.3.